The zero-order valence-corrected chi connectivity index (χ0v) is 13.1. The summed E-state index contributed by atoms with van der Waals surface area (Å²) in [7, 11) is 0.748. The minimum Gasteiger partial charge on any atom is -0.495 e. The zero-order valence-electron chi connectivity index (χ0n) is 12.3. The fraction of sp³-hybridized carbons (Fsp3) is 0.417. The van der Waals surface area contributed by atoms with Crippen molar-refractivity contribution in [3.05, 3.63) is 18.2 Å². The van der Waals surface area contributed by atoms with E-state index in [1.807, 2.05) is 6.92 Å². The second-order valence-corrected chi connectivity index (χ2v) is 6.59. The largest absolute Gasteiger partial charge is 0.495 e. The van der Waals surface area contributed by atoms with Gasteiger partial charge in [-0.1, -0.05) is 0 Å². The van der Waals surface area contributed by atoms with Crippen LogP contribution in [0, 0.1) is 0 Å². The first kappa shape index (κ1) is 15.4. The standard InChI is InChI=1S/C12H17N5O3S/c1-5-17-12(13-14-15-17)9-6-7-10(20-4)11(8-9)21(18,19)16(2)3/h6-8H,5H2,1-4H3. The normalized spacial score (nSPS) is 11.9. The molecule has 1 aromatic carbocycles. The summed E-state index contributed by atoms with van der Waals surface area (Å²) in [5, 5.41) is 11.4. The van der Waals surface area contributed by atoms with Crippen molar-refractivity contribution in [3.8, 4) is 17.1 Å². The van der Waals surface area contributed by atoms with Gasteiger partial charge in [0.2, 0.25) is 10.0 Å². The smallest absolute Gasteiger partial charge is 0.246 e. The summed E-state index contributed by atoms with van der Waals surface area (Å²) >= 11 is 0. The van der Waals surface area contributed by atoms with Crippen LogP contribution in [0.5, 0.6) is 5.75 Å². The van der Waals surface area contributed by atoms with Crippen LogP contribution in [0.1, 0.15) is 6.92 Å². The maximum absolute atomic E-state index is 12.4. The van der Waals surface area contributed by atoms with Crippen LogP contribution in [0.3, 0.4) is 0 Å². The topological polar surface area (TPSA) is 90.2 Å². The van der Waals surface area contributed by atoms with Crippen molar-refractivity contribution in [3.63, 3.8) is 0 Å². The van der Waals surface area contributed by atoms with Gasteiger partial charge in [-0.25, -0.2) is 17.4 Å². The lowest BCUT2D eigenvalue weighted by atomic mass is 10.2. The van der Waals surface area contributed by atoms with Gasteiger partial charge in [0.1, 0.15) is 10.6 Å². The highest BCUT2D eigenvalue weighted by Gasteiger charge is 2.23. The molecule has 1 heterocycles. The van der Waals surface area contributed by atoms with E-state index in [-0.39, 0.29) is 10.6 Å². The van der Waals surface area contributed by atoms with Gasteiger partial charge in [-0.2, -0.15) is 0 Å². The Morgan fingerprint density at radius 1 is 1.33 bits per heavy atom. The number of hydrogen-bond donors (Lipinski definition) is 0. The molecule has 0 bridgehead atoms. The highest BCUT2D eigenvalue weighted by molar-refractivity contribution is 7.89. The van der Waals surface area contributed by atoms with E-state index >= 15 is 0 Å². The van der Waals surface area contributed by atoms with Crippen LogP contribution in [0.2, 0.25) is 0 Å². The fourth-order valence-corrected chi connectivity index (χ4v) is 2.91. The number of nitrogens with zero attached hydrogens (tertiary/aromatic N) is 5. The fourth-order valence-electron chi connectivity index (χ4n) is 1.84. The van der Waals surface area contributed by atoms with Crippen molar-refractivity contribution < 1.29 is 13.2 Å². The number of ether oxygens (including phenoxy) is 1. The number of aryl methyl sites for hydroxylation is 1. The lowest BCUT2D eigenvalue weighted by Gasteiger charge is -2.15. The van der Waals surface area contributed by atoms with E-state index < -0.39 is 10.0 Å². The maximum Gasteiger partial charge on any atom is 0.246 e. The molecule has 0 amide bonds. The Morgan fingerprint density at radius 2 is 2.05 bits per heavy atom. The van der Waals surface area contributed by atoms with Crippen LogP contribution < -0.4 is 4.74 Å². The van der Waals surface area contributed by atoms with E-state index in [1.54, 1.807) is 16.8 Å². The Balaban J connectivity index is 2.64. The van der Waals surface area contributed by atoms with Gasteiger partial charge in [0.25, 0.3) is 0 Å². The van der Waals surface area contributed by atoms with E-state index in [9.17, 15) is 8.42 Å². The first-order chi connectivity index (χ1) is 9.91. The Hall–Kier alpha value is -2.00. The highest BCUT2D eigenvalue weighted by Crippen LogP contribution is 2.30. The lowest BCUT2D eigenvalue weighted by molar-refractivity contribution is 0.400. The molecule has 0 aliphatic rings. The summed E-state index contributed by atoms with van der Waals surface area (Å²) in [6, 6.07) is 4.85. The average molecular weight is 311 g/mol. The van der Waals surface area contributed by atoms with E-state index in [0.29, 0.717) is 17.9 Å². The molecule has 0 N–H and O–H groups in total. The molecular formula is C12H17N5O3S. The third-order valence-corrected chi connectivity index (χ3v) is 4.85. The third kappa shape index (κ3) is 2.74. The molecule has 0 spiro atoms. The molecule has 114 valence electrons. The van der Waals surface area contributed by atoms with Crippen molar-refractivity contribution in [1.29, 1.82) is 0 Å². The van der Waals surface area contributed by atoms with Crippen LogP contribution in [-0.4, -0.2) is 54.1 Å². The number of hydrogen-bond acceptors (Lipinski definition) is 6. The molecule has 8 nitrogen and oxygen atoms in total. The molecule has 21 heavy (non-hydrogen) atoms. The molecule has 2 rings (SSSR count). The van der Waals surface area contributed by atoms with Gasteiger partial charge in [0.15, 0.2) is 5.82 Å². The summed E-state index contributed by atoms with van der Waals surface area (Å²) in [6.45, 7) is 2.49. The second kappa shape index (κ2) is 5.78. The molecule has 0 fully saturated rings. The quantitative estimate of drug-likeness (QED) is 0.804. The molecular weight excluding hydrogens is 294 g/mol. The highest BCUT2D eigenvalue weighted by atomic mass is 32.2. The van der Waals surface area contributed by atoms with Crippen LogP contribution >= 0.6 is 0 Å². The first-order valence-corrected chi connectivity index (χ1v) is 7.73. The van der Waals surface area contributed by atoms with Gasteiger partial charge in [-0.05, 0) is 35.5 Å². The number of benzene rings is 1. The van der Waals surface area contributed by atoms with Crippen molar-refractivity contribution in [2.45, 2.75) is 18.4 Å². The zero-order chi connectivity index (χ0) is 15.6. The Kier molecular flexibility index (Phi) is 4.24. The molecule has 2 aromatic rings. The molecule has 0 atom stereocenters. The lowest BCUT2D eigenvalue weighted by Crippen LogP contribution is -2.22. The number of sulfonamides is 1. The minimum absolute atomic E-state index is 0.0816. The van der Waals surface area contributed by atoms with Gasteiger partial charge in [0.05, 0.1) is 7.11 Å². The van der Waals surface area contributed by atoms with Crippen LogP contribution in [0.15, 0.2) is 23.1 Å². The van der Waals surface area contributed by atoms with E-state index in [2.05, 4.69) is 15.5 Å². The SMILES string of the molecule is CCn1nnnc1-c1ccc(OC)c(S(=O)(=O)N(C)C)c1. The Labute approximate surface area is 123 Å². The molecule has 0 unspecified atom stereocenters. The summed E-state index contributed by atoms with van der Waals surface area (Å²) in [5.41, 5.74) is 0.614. The van der Waals surface area contributed by atoms with E-state index in [4.69, 9.17) is 4.74 Å². The van der Waals surface area contributed by atoms with Crippen molar-refractivity contribution in [1.82, 2.24) is 24.5 Å². The molecule has 0 radical (unpaired) electrons. The number of methoxy groups -OCH3 is 1. The third-order valence-electron chi connectivity index (χ3n) is 3.01. The Bertz CT molecular complexity index is 739. The molecule has 9 heteroatoms. The maximum atomic E-state index is 12.4. The predicted molar refractivity (Wildman–Crippen MR) is 76.4 cm³/mol. The summed E-state index contributed by atoms with van der Waals surface area (Å²) in [5.74, 6) is 0.790. The van der Waals surface area contributed by atoms with Crippen LogP contribution in [-0.2, 0) is 16.6 Å². The minimum atomic E-state index is -3.62. The van der Waals surface area contributed by atoms with Crippen LogP contribution in [0.25, 0.3) is 11.4 Å². The Morgan fingerprint density at radius 3 is 2.62 bits per heavy atom. The molecule has 0 saturated heterocycles. The average Bonchev–Trinajstić information content (AvgIpc) is 2.94. The van der Waals surface area contributed by atoms with Gasteiger partial charge in [-0.15, -0.1) is 5.10 Å². The van der Waals surface area contributed by atoms with E-state index in [0.717, 1.165) is 4.31 Å². The first-order valence-electron chi connectivity index (χ1n) is 6.29. The monoisotopic (exact) mass is 311 g/mol. The van der Waals surface area contributed by atoms with Crippen molar-refractivity contribution >= 4 is 10.0 Å². The summed E-state index contributed by atoms with van der Waals surface area (Å²) in [4.78, 5) is 0.0816. The van der Waals surface area contributed by atoms with Crippen LogP contribution in [0.4, 0.5) is 0 Å². The van der Waals surface area contributed by atoms with Crippen molar-refractivity contribution in [2.75, 3.05) is 21.2 Å². The summed E-state index contributed by atoms with van der Waals surface area (Å²) < 4.78 is 32.6. The number of tetrazole rings is 1. The van der Waals surface area contributed by atoms with Gasteiger partial charge in [0, 0.05) is 26.2 Å². The number of rotatable bonds is 5. The molecule has 1 aromatic heterocycles. The van der Waals surface area contributed by atoms with Crippen molar-refractivity contribution in [2.24, 2.45) is 0 Å². The number of aromatic nitrogens is 4. The molecule has 0 saturated carbocycles. The van der Waals surface area contributed by atoms with Gasteiger partial charge >= 0.3 is 0 Å². The van der Waals surface area contributed by atoms with Gasteiger partial charge in [-0.3, -0.25) is 0 Å². The van der Waals surface area contributed by atoms with E-state index in [1.165, 1.54) is 27.3 Å². The second-order valence-electron chi connectivity index (χ2n) is 4.47. The molecule has 0 aliphatic carbocycles. The van der Waals surface area contributed by atoms with Gasteiger partial charge < -0.3 is 4.74 Å². The molecule has 0 aliphatic heterocycles. The predicted octanol–water partition coefficient (Wildman–Crippen LogP) is 0.619. The summed E-state index contributed by atoms with van der Waals surface area (Å²) in [6.07, 6.45) is 0.